The van der Waals surface area contributed by atoms with Crippen LogP contribution in [0.25, 0.3) is 33.3 Å². The largest absolute Gasteiger partial charge is 0.494 e. The molecule has 0 unspecified atom stereocenters. The van der Waals surface area contributed by atoms with Gasteiger partial charge in [-0.2, -0.15) is 0 Å². The number of aromatic nitrogens is 2. The van der Waals surface area contributed by atoms with E-state index >= 15 is 0 Å². The highest BCUT2D eigenvalue weighted by Gasteiger charge is 2.15. The Morgan fingerprint density at radius 3 is 2.27 bits per heavy atom. The first-order chi connectivity index (χ1) is 17.8. The molecule has 4 aromatic rings. The second-order valence-electron chi connectivity index (χ2n) is 8.37. The maximum atomic E-state index is 12.5. The van der Waals surface area contributed by atoms with Gasteiger partial charge in [0.15, 0.2) is 0 Å². The first-order valence-electron chi connectivity index (χ1n) is 11.5. The molecule has 0 aliphatic rings. The monoisotopic (exact) mass is 521 g/mol. The fourth-order valence-corrected chi connectivity index (χ4v) is 4.25. The second-order valence-corrected chi connectivity index (χ2v) is 10.1. The molecular weight excluding hydrogens is 494 g/mol. The second kappa shape index (κ2) is 11.3. The Hall–Kier alpha value is -4.06. The summed E-state index contributed by atoms with van der Waals surface area (Å²) in [7, 11) is -3.54. The lowest BCUT2D eigenvalue weighted by Crippen LogP contribution is -2.30. The third-order valence-corrected chi connectivity index (χ3v) is 6.13. The fourth-order valence-electron chi connectivity index (χ4n) is 3.76. The quantitative estimate of drug-likeness (QED) is 0.107. The molecule has 11 heteroatoms. The first-order valence-corrected chi connectivity index (χ1v) is 13.4. The zero-order chi connectivity index (χ0) is 26.4. The third kappa shape index (κ3) is 6.58. The number of amides is 1. The zero-order valence-electron chi connectivity index (χ0n) is 20.1. The summed E-state index contributed by atoms with van der Waals surface area (Å²) in [6, 6.07) is 18.5. The molecule has 0 spiro atoms. The molecule has 2 heterocycles. The minimum atomic E-state index is -3.54. The number of benzene rings is 2. The predicted molar refractivity (Wildman–Crippen MR) is 142 cm³/mol. The van der Waals surface area contributed by atoms with Gasteiger partial charge in [0.2, 0.25) is 10.0 Å². The van der Waals surface area contributed by atoms with Crippen LogP contribution >= 0.6 is 0 Å². The standard InChI is InChI=1S/C26H27N5O5S/c1-37(34,35)31-25-15-24-22(16-28-25)21(26(33)30-27)14-23(29-24)19-6-4-17(5-7-19)18-8-10-20(11-9-18)36-13-3-2-12-32/h4-11,14-16,32H,2-3,12-13,27H2,1H3,(H,28,31)(H,30,33). The number of hydrogen-bond donors (Lipinski definition) is 4. The van der Waals surface area contributed by atoms with E-state index in [-0.39, 0.29) is 18.0 Å². The van der Waals surface area contributed by atoms with Crippen molar-refractivity contribution in [2.75, 3.05) is 24.2 Å². The molecule has 0 saturated carbocycles. The maximum Gasteiger partial charge on any atom is 0.265 e. The van der Waals surface area contributed by atoms with Crippen LogP contribution in [0.15, 0.2) is 66.9 Å². The summed E-state index contributed by atoms with van der Waals surface area (Å²) in [6.45, 7) is 0.715. The maximum absolute atomic E-state index is 12.5. The zero-order valence-corrected chi connectivity index (χ0v) is 21.0. The minimum Gasteiger partial charge on any atom is -0.494 e. The molecule has 5 N–H and O–H groups in total. The fraction of sp³-hybridized carbons (Fsp3) is 0.192. The van der Waals surface area contributed by atoms with Gasteiger partial charge in [-0.1, -0.05) is 36.4 Å². The van der Waals surface area contributed by atoms with E-state index in [9.17, 15) is 13.2 Å². The van der Waals surface area contributed by atoms with Crippen molar-refractivity contribution < 1.29 is 23.1 Å². The molecule has 2 aromatic heterocycles. The Morgan fingerprint density at radius 1 is 1.00 bits per heavy atom. The number of sulfonamides is 1. The summed E-state index contributed by atoms with van der Waals surface area (Å²) in [5.74, 6) is 5.72. The van der Waals surface area contributed by atoms with Crippen molar-refractivity contribution in [3.63, 3.8) is 0 Å². The van der Waals surface area contributed by atoms with E-state index in [1.165, 1.54) is 12.3 Å². The van der Waals surface area contributed by atoms with Crippen LogP contribution in [-0.4, -0.2) is 48.9 Å². The molecule has 1 amide bonds. The van der Waals surface area contributed by atoms with E-state index < -0.39 is 15.9 Å². The number of nitrogens with zero attached hydrogens (tertiary/aromatic N) is 2. The van der Waals surface area contributed by atoms with Crippen LogP contribution in [0.4, 0.5) is 5.82 Å². The minimum absolute atomic E-state index is 0.0925. The number of pyridine rings is 2. The average Bonchev–Trinajstić information content (AvgIpc) is 2.89. The van der Waals surface area contributed by atoms with E-state index in [4.69, 9.17) is 15.7 Å². The normalized spacial score (nSPS) is 11.3. The number of anilines is 1. The number of nitrogens with two attached hydrogens (primary N) is 1. The Labute approximate surface area is 214 Å². The number of fused-ring (bicyclic) bond motifs is 1. The van der Waals surface area contributed by atoms with Gasteiger partial charge < -0.3 is 9.84 Å². The van der Waals surface area contributed by atoms with Gasteiger partial charge in [-0.05, 0) is 42.2 Å². The van der Waals surface area contributed by atoms with Gasteiger partial charge >= 0.3 is 0 Å². The number of aliphatic hydroxyl groups is 1. The van der Waals surface area contributed by atoms with Gasteiger partial charge in [-0.3, -0.25) is 14.9 Å². The van der Waals surface area contributed by atoms with Crippen LogP contribution < -0.4 is 20.7 Å². The topological polar surface area (TPSA) is 157 Å². The predicted octanol–water partition coefficient (Wildman–Crippen LogP) is 3.09. The molecule has 0 saturated heterocycles. The molecule has 10 nitrogen and oxygen atoms in total. The number of hydrazine groups is 1. The molecule has 0 radical (unpaired) electrons. The van der Waals surface area contributed by atoms with E-state index in [1.807, 2.05) is 48.5 Å². The van der Waals surface area contributed by atoms with Crippen LogP contribution in [0.1, 0.15) is 23.2 Å². The van der Waals surface area contributed by atoms with Crippen LogP contribution in [0.5, 0.6) is 5.75 Å². The Kier molecular flexibility index (Phi) is 7.97. The van der Waals surface area contributed by atoms with Gasteiger partial charge in [-0.15, -0.1) is 0 Å². The van der Waals surface area contributed by atoms with Crippen LogP contribution in [0.2, 0.25) is 0 Å². The lowest BCUT2D eigenvalue weighted by atomic mass is 10.0. The van der Waals surface area contributed by atoms with E-state index in [0.29, 0.717) is 29.6 Å². The summed E-state index contributed by atoms with van der Waals surface area (Å²) < 4.78 is 31.2. The highest BCUT2D eigenvalue weighted by molar-refractivity contribution is 7.92. The van der Waals surface area contributed by atoms with Crippen LogP contribution in [-0.2, 0) is 10.0 Å². The molecule has 0 fully saturated rings. The molecular formula is C26H27N5O5S. The molecule has 37 heavy (non-hydrogen) atoms. The molecule has 2 aromatic carbocycles. The SMILES string of the molecule is CS(=O)(=O)Nc1cc2nc(-c3ccc(-c4ccc(OCCCCO)cc4)cc3)cc(C(=O)NN)c2cn1. The van der Waals surface area contributed by atoms with Crippen LogP contribution in [0.3, 0.4) is 0 Å². The van der Waals surface area contributed by atoms with Crippen molar-refractivity contribution in [3.05, 3.63) is 72.4 Å². The number of nitrogen functional groups attached to an aromatic ring is 1. The summed E-state index contributed by atoms with van der Waals surface area (Å²) in [4.78, 5) is 21.2. The van der Waals surface area contributed by atoms with Crippen molar-refractivity contribution in [1.82, 2.24) is 15.4 Å². The van der Waals surface area contributed by atoms with Crippen molar-refractivity contribution >= 4 is 32.7 Å². The van der Waals surface area contributed by atoms with E-state index in [0.717, 1.165) is 35.1 Å². The number of carbonyl (C=O) groups is 1. The molecule has 192 valence electrons. The molecule has 0 bridgehead atoms. The number of ether oxygens (including phenoxy) is 1. The lowest BCUT2D eigenvalue weighted by molar-refractivity contribution is 0.0955. The summed E-state index contributed by atoms with van der Waals surface area (Å²) in [6.07, 6.45) is 3.92. The van der Waals surface area contributed by atoms with E-state index in [1.54, 1.807) is 6.07 Å². The Morgan fingerprint density at radius 2 is 1.65 bits per heavy atom. The number of rotatable bonds is 10. The van der Waals surface area contributed by atoms with Crippen molar-refractivity contribution in [3.8, 4) is 28.1 Å². The summed E-state index contributed by atoms with van der Waals surface area (Å²) in [5.41, 5.74) is 6.05. The van der Waals surface area contributed by atoms with Gasteiger partial charge in [0.05, 0.1) is 29.6 Å². The molecule has 0 aliphatic heterocycles. The summed E-state index contributed by atoms with van der Waals surface area (Å²) >= 11 is 0. The van der Waals surface area contributed by atoms with Crippen molar-refractivity contribution in [1.29, 1.82) is 0 Å². The smallest absolute Gasteiger partial charge is 0.265 e. The van der Waals surface area contributed by atoms with Crippen LogP contribution in [0, 0.1) is 0 Å². The average molecular weight is 522 g/mol. The lowest BCUT2D eigenvalue weighted by Gasteiger charge is -2.11. The number of hydrogen-bond acceptors (Lipinski definition) is 8. The van der Waals surface area contributed by atoms with Crippen molar-refractivity contribution in [2.24, 2.45) is 5.84 Å². The highest BCUT2D eigenvalue weighted by atomic mass is 32.2. The van der Waals surface area contributed by atoms with Gasteiger partial charge in [0, 0.05) is 29.8 Å². The van der Waals surface area contributed by atoms with Crippen molar-refractivity contribution in [2.45, 2.75) is 12.8 Å². The van der Waals surface area contributed by atoms with Gasteiger partial charge in [0.25, 0.3) is 5.91 Å². The summed E-state index contributed by atoms with van der Waals surface area (Å²) in [5, 5.41) is 9.29. The van der Waals surface area contributed by atoms with E-state index in [2.05, 4.69) is 20.1 Å². The number of unbranched alkanes of at least 4 members (excludes halogenated alkanes) is 1. The number of nitrogens with one attached hydrogen (secondary N) is 2. The molecule has 0 atom stereocenters. The first kappa shape index (κ1) is 26.0. The van der Waals surface area contributed by atoms with Gasteiger partial charge in [0.1, 0.15) is 11.6 Å². The third-order valence-electron chi connectivity index (χ3n) is 5.55. The van der Waals surface area contributed by atoms with Gasteiger partial charge in [-0.25, -0.2) is 24.2 Å². The number of carbonyl (C=O) groups excluding carboxylic acids is 1. The number of aliphatic hydroxyl groups excluding tert-OH is 1. The molecule has 0 aliphatic carbocycles. The Bertz CT molecular complexity index is 1510. The highest BCUT2D eigenvalue weighted by Crippen LogP contribution is 2.29. The molecule has 4 rings (SSSR count). The Balaban J connectivity index is 1.62.